The summed E-state index contributed by atoms with van der Waals surface area (Å²) < 4.78 is 13.0. The van der Waals surface area contributed by atoms with Crippen molar-refractivity contribution in [2.45, 2.75) is 37.8 Å². The summed E-state index contributed by atoms with van der Waals surface area (Å²) in [4.78, 5) is 15.2. The van der Waals surface area contributed by atoms with Gasteiger partial charge in [-0.3, -0.25) is 4.79 Å². The first kappa shape index (κ1) is 19.0. The van der Waals surface area contributed by atoms with E-state index in [1.807, 2.05) is 22.9 Å². The topological polar surface area (TPSA) is 68.6 Å². The lowest BCUT2D eigenvalue weighted by Gasteiger charge is -2.33. The molecule has 1 atom stereocenters. The molecule has 1 N–H and O–H groups in total. The van der Waals surface area contributed by atoms with Crippen molar-refractivity contribution in [3.8, 4) is 5.75 Å². The van der Waals surface area contributed by atoms with Gasteiger partial charge in [0, 0.05) is 32.3 Å². The number of hydrogen-bond acceptors (Lipinski definition) is 5. The summed E-state index contributed by atoms with van der Waals surface area (Å²) in [6, 6.07) is 9.38. The third kappa shape index (κ3) is 4.20. The normalized spacial score (nSPS) is 21.0. The second kappa shape index (κ2) is 8.75. The van der Waals surface area contributed by atoms with Gasteiger partial charge in [0.15, 0.2) is 0 Å². The van der Waals surface area contributed by atoms with Crippen LogP contribution in [-0.4, -0.2) is 60.0 Å². The maximum atomic E-state index is 12.7. The van der Waals surface area contributed by atoms with Crippen molar-refractivity contribution in [3.63, 3.8) is 0 Å². The molecule has 1 unspecified atom stereocenters. The van der Waals surface area contributed by atoms with E-state index in [4.69, 9.17) is 9.47 Å². The minimum Gasteiger partial charge on any atom is -0.496 e. The Morgan fingerprint density at radius 3 is 2.82 bits per heavy atom. The number of likely N-dealkylation sites (tertiary alicyclic amines) is 1. The summed E-state index contributed by atoms with van der Waals surface area (Å²) in [7, 11) is 1.57. The van der Waals surface area contributed by atoms with Crippen LogP contribution in [0.15, 0.2) is 36.5 Å². The Morgan fingerprint density at radius 2 is 2.07 bits per heavy atom. The molecule has 150 valence electrons. The lowest BCUT2D eigenvalue weighted by atomic mass is 10.0. The first-order valence-corrected chi connectivity index (χ1v) is 10.1. The number of rotatable bonds is 6. The van der Waals surface area contributed by atoms with Crippen molar-refractivity contribution in [1.82, 2.24) is 14.7 Å². The summed E-state index contributed by atoms with van der Waals surface area (Å²) in [6.45, 7) is 4.00. The number of nitrogens with one attached hydrogen (secondary N) is 1. The third-order valence-corrected chi connectivity index (χ3v) is 5.65. The molecule has 28 heavy (non-hydrogen) atoms. The Morgan fingerprint density at radius 1 is 1.25 bits per heavy atom. The maximum Gasteiger partial charge on any atom is 0.260 e. The Labute approximate surface area is 165 Å². The van der Waals surface area contributed by atoms with E-state index in [9.17, 15) is 4.79 Å². The molecule has 7 heteroatoms. The Balaban J connectivity index is 1.37. The van der Waals surface area contributed by atoms with Gasteiger partial charge < -0.3 is 19.7 Å². The predicted octanol–water partition coefficient (Wildman–Crippen LogP) is 2.96. The SMILES string of the molecule is COc1ccccc1C(=O)Nc1ccnn1C1CCN(CC2CCCO2)CC1. The van der Waals surface area contributed by atoms with Crippen molar-refractivity contribution < 1.29 is 14.3 Å². The van der Waals surface area contributed by atoms with Gasteiger partial charge in [-0.25, -0.2) is 4.68 Å². The van der Waals surface area contributed by atoms with Crippen molar-refractivity contribution in [3.05, 3.63) is 42.1 Å². The van der Waals surface area contributed by atoms with Crippen LogP contribution in [-0.2, 0) is 4.74 Å². The van der Waals surface area contributed by atoms with Gasteiger partial charge in [0.25, 0.3) is 5.91 Å². The number of hydrogen-bond donors (Lipinski definition) is 1. The van der Waals surface area contributed by atoms with Crippen molar-refractivity contribution in [2.24, 2.45) is 0 Å². The van der Waals surface area contributed by atoms with E-state index in [0.717, 1.165) is 44.9 Å². The fourth-order valence-electron chi connectivity index (χ4n) is 4.14. The van der Waals surface area contributed by atoms with E-state index < -0.39 is 0 Å². The van der Waals surface area contributed by atoms with Crippen LogP contribution < -0.4 is 10.1 Å². The van der Waals surface area contributed by atoms with Gasteiger partial charge in [-0.15, -0.1) is 0 Å². The monoisotopic (exact) mass is 384 g/mol. The summed E-state index contributed by atoms with van der Waals surface area (Å²) in [5.41, 5.74) is 0.518. The molecule has 0 bridgehead atoms. The van der Waals surface area contributed by atoms with Crippen LogP contribution in [0.1, 0.15) is 42.1 Å². The first-order chi connectivity index (χ1) is 13.7. The highest BCUT2D eigenvalue weighted by Gasteiger charge is 2.26. The van der Waals surface area contributed by atoms with Crippen LogP contribution in [0.4, 0.5) is 5.82 Å². The summed E-state index contributed by atoms with van der Waals surface area (Å²) in [5.74, 6) is 1.11. The zero-order valence-corrected chi connectivity index (χ0v) is 16.3. The quantitative estimate of drug-likeness (QED) is 0.829. The predicted molar refractivity (Wildman–Crippen MR) is 107 cm³/mol. The molecule has 3 heterocycles. The van der Waals surface area contributed by atoms with E-state index in [1.54, 1.807) is 25.4 Å². The molecule has 2 fully saturated rings. The number of anilines is 1. The first-order valence-electron chi connectivity index (χ1n) is 10.1. The molecular weight excluding hydrogens is 356 g/mol. The molecule has 2 aromatic rings. The number of carbonyl (C=O) groups excluding carboxylic acids is 1. The summed E-state index contributed by atoms with van der Waals surface area (Å²) in [6.07, 6.45) is 6.55. The van der Waals surface area contributed by atoms with Crippen LogP contribution in [0.5, 0.6) is 5.75 Å². The number of nitrogens with zero attached hydrogens (tertiary/aromatic N) is 3. The molecule has 0 saturated carbocycles. The molecule has 2 aliphatic heterocycles. The fraction of sp³-hybridized carbons (Fsp3) is 0.524. The second-order valence-corrected chi connectivity index (χ2v) is 7.48. The molecule has 7 nitrogen and oxygen atoms in total. The van der Waals surface area contributed by atoms with Gasteiger partial charge in [0.05, 0.1) is 31.0 Å². The number of amides is 1. The second-order valence-electron chi connectivity index (χ2n) is 7.48. The smallest absolute Gasteiger partial charge is 0.260 e. The highest BCUT2D eigenvalue weighted by atomic mass is 16.5. The lowest BCUT2D eigenvalue weighted by Crippen LogP contribution is -2.39. The maximum absolute atomic E-state index is 12.7. The average molecular weight is 384 g/mol. The van der Waals surface area contributed by atoms with Gasteiger partial charge >= 0.3 is 0 Å². The fourth-order valence-corrected chi connectivity index (χ4v) is 4.14. The average Bonchev–Trinajstić information content (AvgIpc) is 3.41. The van der Waals surface area contributed by atoms with Gasteiger partial charge in [-0.05, 0) is 37.8 Å². The zero-order chi connectivity index (χ0) is 19.3. The van der Waals surface area contributed by atoms with Crippen LogP contribution in [0.2, 0.25) is 0 Å². The molecule has 1 aromatic heterocycles. The van der Waals surface area contributed by atoms with Gasteiger partial charge in [0.2, 0.25) is 0 Å². The molecule has 2 saturated heterocycles. The largest absolute Gasteiger partial charge is 0.496 e. The van der Waals surface area contributed by atoms with Gasteiger partial charge in [0.1, 0.15) is 11.6 Å². The van der Waals surface area contributed by atoms with E-state index in [2.05, 4.69) is 15.3 Å². The number of benzene rings is 1. The van der Waals surface area contributed by atoms with Crippen LogP contribution >= 0.6 is 0 Å². The third-order valence-electron chi connectivity index (χ3n) is 5.65. The number of piperidine rings is 1. The van der Waals surface area contributed by atoms with E-state index in [0.29, 0.717) is 23.5 Å². The number of carbonyl (C=O) groups is 1. The van der Waals surface area contributed by atoms with Gasteiger partial charge in [-0.2, -0.15) is 5.10 Å². The number of aromatic nitrogens is 2. The molecule has 0 radical (unpaired) electrons. The van der Waals surface area contributed by atoms with Crippen LogP contribution in [0.25, 0.3) is 0 Å². The molecule has 4 rings (SSSR count). The zero-order valence-electron chi connectivity index (χ0n) is 16.3. The highest BCUT2D eigenvalue weighted by Crippen LogP contribution is 2.27. The number of methoxy groups -OCH3 is 1. The van der Waals surface area contributed by atoms with Crippen LogP contribution in [0, 0.1) is 0 Å². The van der Waals surface area contributed by atoms with E-state index in [1.165, 1.54) is 12.8 Å². The summed E-state index contributed by atoms with van der Waals surface area (Å²) in [5, 5.41) is 7.48. The Kier molecular flexibility index (Phi) is 5.92. The van der Waals surface area contributed by atoms with E-state index >= 15 is 0 Å². The van der Waals surface area contributed by atoms with Crippen molar-refractivity contribution >= 4 is 11.7 Å². The number of para-hydroxylation sites is 1. The molecule has 1 aromatic carbocycles. The van der Waals surface area contributed by atoms with Crippen molar-refractivity contribution in [2.75, 3.05) is 38.7 Å². The van der Waals surface area contributed by atoms with Gasteiger partial charge in [-0.1, -0.05) is 12.1 Å². The van der Waals surface area contributed by atoms with Crippen molar-refractivity contribution in [1.29, 1.82) is 0 Å². The number of ether oxygens (including phenoxy) is 2. The van der Waals surface area contributed by atoms with E-state index in [-0.39, 0.29) is 5.91 Å². The highest BCUT2D eigenvalue weighted by molar-refractivity contribution is 6.05. The Hall–Kier alpha value is -2.38. The molecule has 0 spiro atoms. The minimum atomic E-state index is -0.185. The van der Waals surface area contributed by atoms with Crippen LogP contribution in [0.3, 0.4) is 0 Å². The lowest BCUT2D eigenvalue weighted by molar-refractivity contribution is 0.0599. The molecule has 1 amide bonds. The molecule has 2 aliphatic rings. The molecular formula is C21H28N4O3. The summed E-state index contributed by atoms with van der Waals surface area (Å²) >= 11 is 0. The molecule has 0 aliphatic carbocycles. The minimum absolute atomic E-state index is 0.185. The Bertz CT molecular complexity index is 792. The standard InChI is InChI=1S/C21H28N4O3/c1-27-19-7-3-2-6-18(19)21(26)23-20-8-11-22-25(20)16-9-12-24(13-10-16)15-17-5-4-14-28-17/h2-3,6-8,11,16-17H,4-5,9-10,12-15H2,1H3,(H,23,26).